The minimum atomic E-state index is -0.257. The van der Waals surface area contributed by atoms with E-state index >= 15 is 0 Å². The molecule has 0 N–H and O–H groups in total. The van der Waals surface area contributed by atoms with Crippen LogP contribution in [0.2, 0.25) is 0 Å². The van der Waals surface area contributed by atoms with Gasteiger partial charge in [-0.05, 0) is 12.1 Å². The molecule has 0 saturated carbocycles. The highest BCUT2D eigenvalue weighted by Crippen LogP contribution is 2.38. The molecule has 22 heavy (non-hydrogen) atoms. The van der Waals surface area contributed by atoms with E-state index in [-0.39, 0.29) is 23.0 Å². The standard InChI is InChI=1S/C17H13ClO4/c1-21-12-5-3-4-10-13(12)15(19)11-7-6-9(8-18)17(22-2)14(11)16(10)20/h3-7H,8H2,1-2H3. The topological polar surface area (TPSA) is 52.6 Å². The summed E-state index contributed by atoms with van der Waals surface area (Å²) in [5, 5.41) is 0. The van der Waals surface area contributed by atoms with Crippen LogP contribution in [0.5, 0.6) is 11.5 Å². The first-order chi connectivity index (χ1) is 10.6. The maximum absolute atomic E-state index is 12.8. The lowest BCUT2D eigenvalue weighted by Gasteiger charge is -2.22. The highest BCUT2D eigenvalue weighted by atomic mass is 35.5. The van der Waals surface area contributed by atoms with Gasteiger partial charge >= 0.3 is 0 Å². The summed E-state index contributed by atoms with van der Waals surface area (Å²) >= 11 is 5.89. The molecule has 0 aromatic heterocycles. The molecule has 0 fully saturated rings. The molecule has 1 aliphatic carbocycles. The zero-order valence-corrected chi connectivity index (χ0v) is 12.9. The summed E-state index contributed by atoms with van der Waals surface area (Å²) in [5.41, 5.74) is 1.87. The largest absolute Gasteiger partial charge is 0.496 e. The molecule has 0 bridgehead atoms. The van der Waals surface area contributed by atoms with Gasteiger partial charge in [0.2, 0.25) is 0 Å². The molecular weight excluding hydrogens is 304 g/mol. The van der Waals surface area contributed by atoms with Gasteiger partial charge in [-0.2, -0.15) is 0 Å². The Kier molecular flexibility index (Phi) is 3.62. The highest BCUT2D eigenvalue weighted by molar-refractivity contribution is 6.30. The molecule has 0 aliphatic heterocycles. The second-order valence-electron chi connectivity index (χ2n) is 4.86. The van der Waals surface area contributed by atoms with Crippen LogP contribution in [0.3, 0.4) is 0 Å². The van der Waals surface area contributed by atoms with E-state index in [0.29, 0.717) is 33.8 Å². The van der Waals surface area contributed by atoms with Crippen molar-refractivity contribution in [3.8, 4) is 11.5 Å². The van der Waals surface area contributed by atoms with Gasteiger partial charge in [-0.1, -0.05) is 18.2 Å². The number of carbonyl (C=O) groups excluding carboxylic acids is 2. The van der Waals surface area contributed by atoms with E-state index in [1.54, 1.807) is 30.3 Å². The molecule has 2 aromatic carbocycles. The summed E-state index contributed by atoms with van der Waals surface area (Å²) in [6.07, 6.45) is 0. The predicted molar refractivity (Wildman–Crippen MR) is 82.4 cm³/mol. The first-order valence-electron chi connectivity index (χ1n) is 6.66. The van der Waals surface area contributed by atoms with Crippen LogP contribution in [-0.4, -0.2) is 25.8 Å². The van der Waals surface area contributed by atoms with Gasteiger partial charge in [0.1, 0.15) is 11.5 Å². The quantitative estimate of drug-likeness (QED) is 0.696. The summed E-state index contributed by atoms with van der Waals surface area (Å²) in [5.74, 6) is 0.443. The third kappa shape index (κ3) is 1.91. The lowest BCUT2D eigenvalue weighted by molar-refractivity contribution is 0.0974. The van der Waals surface area contributed by atoms with Crippen molar-refractivity contribution in [2.75, 3.05) is 14.2 Å². The lowest BCUT2D eigenvalue weighted by atomic mass is 9.82. The molecule has 0 amide bonds. The Morgan fingerprint density at radius 3 is 2.23 bits per heavy atom. The molecule has 0 saturated heterocycles. The van der Waals surface area contributed by atoms with Crippen LogP contribution in [-0.2, 0) is 5.88 Å². The maximum Gasteiger partial charge on any atom is 0.198 e. The summed E-state index contributed by atoms with van der Waals surface area (Å²) in [6, 6.07) is 8.29. The molecule has 3 rings (SSSR count). The Bertz CT molecular complexity index is 795. The van der Waals surface area contributed by atoms with Crippen molar-refractivity contribution in [2.24, 2.45) is 0 Å². The van der Waals surface area contributed by atoms with Gasteiger partial charge in [-0.15, -0.1) is 11.6 Å². The van der Waals surface area contributed by atoms with E-state index in [0.717, 1.165) is 0 Å². The number of fused-ring (bicyclic) bond motifs is 2. The highest BCUT2D eigenvalue weighted by Gasteiger charge is 2.35. The molecular formula is C17H13ClO4. The van der Waals surface area contributed by atoms with Crippen LogP contribution >= 0.6 is 11.6 Å². The third-order valence-corrected chi connectivity index (χ3v) is 4.06. The summed E-state index contributed by atoms with van der Waals surface area (Å²) in [7, 11) is 2.94. The van der Waals surface area contributed by atoms with Crippen molar-refractivity contribution in [3.63, 3.8) is 0 Å². The van der Waals surface area contributed by atoms with Crippen LogP contribution < -0.4 is 9.47 Å². The molecule has 112 valence electrons. The van der Waals surface area contributed by atoms with Gasteiger partial charge in [0, 0.05) is 16.7 Å². The van der Waals surface area contributed by atoms with Gasteiger partial charge in [-0.3, -0.25) is 9.59 Å². The number of halogens is 1. The Labute approximate surface area is 132 Å². The van der Waals surface area contributed by atoms with Gasteiger partial charge in [0.15, 0.2) is 11.6 Å². The summed E-state index contributed by atoms with van der Waals surface area (Å²) < 4.78 is 10.6. The molecule has 2 aromatic rings. The van der Waals surface area contributed by atoms with E-state index in [2.05, 4.69) is 0 Å². The van der Waals surface area contributed by atoms with E-state index in [4.69, 9.17) is 21.1 Å². The SMILES string of the molecule is COc1cccc2c1C(=O)c1ccc(CCl)c(OC)c1C2=O. The number of benzene rings is 2. The normalized spacial score (nSPS) is 12.7. The van der Waals surface area contributed by atoms with E-state index < -0.39 is 0 Å². The van der Waals surface area contributed by atoms with Crippen LogP contribution in [0.25, 0.3) is 0 Å². The molecule has 0 heterocycles. The van der Waals surface area contributed by atoms with Gasteiger partial charge in [0.25, 0.3) is 0 Å². The van der Waals surface area contributed by atoms with E-state index in [1.165, 1.54) is 14.2 Å². The number of ketones is 2. The number of hydrogen-bond acceptors (Lipinski definition) is 4. The van der Waals surface area contributed by atoms with Crippen molar-refractivity contribution in [2.45, 2.75) is 5.88 Å². The Morgan fingerprint density at radius 1 is 0.909 bits per heavy atom. The number of ether oxygens (including phenoxy) is 2. The van der Waals surface area contributed by atoms with Crippen molar-refractivity contribution in [1.29, 1.82) is 0 Å². The minimum absolute atomic E-state index is 0.197. The average Bonchev–Trinajstić information content (AvgIpc) is 2.57. The van der Waals surface area contributed by atoms with E-state index in [1.807, 2.05) is 0 Å². The van der Waals surface area contributed by atoms with Crippen LogP contribution in [0.4, 0.5) is 0 Å². The Hall–Kier alpha value is -2.33. The second-order valence-corrected chi connectivity index (χ2v) is 5.12. The molecule has 0 radical (unpaired) electrons. The molecule has 0 unspecified atom stereocenters. The fourth-order valence-electron chi connectivity index (χ4n) is 2.77. The minimum Gasteiger partial charge on any atom is -0.496 e. The first-order valence-corrected chi connectivity index (χ1v) is 7.19. The predicted octanol–water partition coefficient (Wildman–Crippen LogP) is 3.22. The zero-order chi connectivity index (χ0) is 15.9. The number of carbonyl (C=O) groups is 2. The van der Waals surface area contributed by atoms with Gasteiger partial charge in [-0.25, -0.2) is 0 Å². The van der Waals surface area contributed by atoms with Crippen LogP contribution in [0, 0.1) is 0 Å². The first kappa shape index (κ1) is 14.6. The third-order valence-electron chi connectivity index (χ3n) is 3.78. The van der Waals surface area contributed by atoms with Crippen molar-refractivity contribution >= 4 is 23.2 Å². The number of methoxy groups -OCH3 is 2. The molecule has 0 atom stereocenters. The molecule has 0 spiro atoms. The fraction of sp³-hybridized carbons (Fsp3) is 0.176. The lowest BCUT2D eigenvalue weighted by Crippen LogP contribution is -2.23. The van der Waals surface area contributed by atoms with Crippen LogP contribution in [0.15, 0.2) is 30.3 Å². The van der Waals surface area contributed by atoms with Crippen LogP contribution in [0.1, 0.15) is 37.4 Å². The zero-order valence-electron chi connectivity index (χ0n) is 12.1. The molecule has 5 heteroatoms. The monoisotopic (exact) mass is 316 g/mol. The maximum atomic E-state index is 12.8. The number of hydrogen-bond donors (Lipinski definition) is 0. The number of rotatable bonds is 3. The van der Waals surface area contributed by atoms with Gasteiger partial charge in [0.05, 0.1) is 31.2 Å². The van der Waals surface area contributed by atoms with Crippen molar-refractivity contribution in [1.82, 2.24) is 0 Å². The smallest absolute Gasteiger partial charge is 0.198 e. The molecule has 4 nitrogen and oxygen atoms in total. The molecule has 1 aliphatic rings. The average molecular weight is 317 g/mol. The number of alkyl halides is 1. The fourth-order valence-corrected chi connectivity index (χ4v) is 2.98. The second kappa shape index (κ2) is 5.46. The summed E-state index contributed by atoms with van der Waals surface area (Å²) in [4.78, 5) is 25.6. The summed E-state index contributed by atoms with van der Waals surface area (Å²) in [6.45, 7) is 0. The Balaban J connectivity index is 2.33. The van der Waals surface area contributed by atoms with E-state index in [9.17, 15) is 9.59 Å². The Morgan fingerprint density at radius 2 is 1.59 bits per heavy atom. The van der Waals surface area contributed by atoms with Crippen molar-refractivity contribution < 1.29 is 19.1 Å². The van der Waals surface area contributed by atoms with Crippen molar-refractivity contribution in [3.05, 3.63) is 58.1 Å². The van der Waals surface area contributed by atoms with Gasteiger partial charge < -0.3 is 9.47 Å².